The van der Waals surface area contributed by atoms with Gasteiger partial charge in [0.15, 0.2) is 0 Å². The predicted octanol–water partition coefficient (Wildman–Crippen LogP) is 6.89. The van der Waals surface area contributed by atoms with Crippen molar-refractivity contribution in [2.45, 2.75) is 136 Å². The summed E-state index contributed by atoms with van der Waals surface area (Å²) in [6.07, 6.45) is 24.1. The van der Waals surface area contributed by atoms with Crippen LogP contribution in [0.25, 0.3) is 0 Å². The third-order valence-corrected chi connectivity index (χ3v) is 7.63. The highest BCUT2D eigenvalue weighted by molar-refractivity contribution is 5.98. The lowest BCUT2D eigenvalue weighted by Gasteiger charge is -2.34. The van der Waals surface area contributed by atoms with Gasteiger partial charge >= 0.3 is 0 Å². The average molecular weight is 414 g/mol. The van der Waals surface area contributed by atoms with Crippen LogP contribution < -0.4 is 0 Å². The maximum Gasteiger partial charge on any atom is 0.146 e. The fraction of sp³-hybridized carbons (Fsp3) is 1.00. The SMILES string of the molecule is CCCCCCCCCCCCCCCCC(CCCN(C)C)C(C)(C)O[SiH3]. The van der Waals surface area contributed by atoms with Crippen LogP contribution in [0.1, 0.15) is 130 Å². The van der Waals surface area contributed by atoms with Gasteiger partial charge in [0.1, 0.15) is 10.5 Å². The van der Waals surface area contributed by atoms with E-state index < -0.39 is 0 Å². The summed E-state index contributed by atoms with van der Waals surface area (Å²) in [7, 11) is 5.21. The molecule has 0 saturated carbocycles. The number of rotatable bonds is 21. The van der Waals surface area contributed by atoms with E-state index in [1.807, 2.05) is 0 Å². The Balaban J connectivity index is 3.61. The van der Waals surface area contributed by atoms with Crippen molar-refractivity contribution < 1.29 is 4.43 Å². The Morgan fingerprint density at radius 3 is 1.46 bits per heavy atom. The summed E-state index contributed by atoms with van der Waals surface area (Å²) < 4.78 is 5.95. The van der Waals surface area contributed by atoms with Gasteiger partial charge in [-0.2, -0.15) is 0 Å². The second-order valence-electron chi connectivity index (χ2n) is 9.83. The molecule has 1 atom stereocenters. The Morgan fingerprint density at radius 1 is 0.679 bits per heavy atom. The lowest BCUT2D eigenvalue weighted by molar-refractivity contribution is 0.0403. The summed E-state index contributed by atoms with van der Waals surface area (Å²) in [6, 6.07) is 0. The van der Waals surface area contributed by atoms with Crippen molar-refractivity contribution in [1.29, 1.82) is 0 Å². The number of hydrogen-bond donors (Lipinski definition) is 0. The molecule has 0 rings (SSSR count). The van der Waals surface area contributed by atoms with Crippen molar-refractivity contribution in [3.63, 3.8) is 0 Å². The minimum Gasteiger partial charge on any atom is -0.423 e. The third kappa shape index (κ3) is 17.0. The topological polar surface area (TPSA) is 12.5 Å². The highest BCUT2D eigenvalue weighted by atomic mass is 28.2. The monoisotopic (exact) mass is 413 g/mol. The van der Waals surface area contributed by atoms with Gasteiger partial charge in [-0.3, -0.25) is 0 Å². The minimum atomic E-state index is 0.0784. The van der Waals surface area contributed by atoms with Crippen molar-refractivity contribution in [2.75, 3.05) is 20.6 Å². The quantitative estimate of drug-likeness (QED) is 0.150. The first kappa shape index (κ1) is 28.1. The molecule has 0 aromatic carbocycles. The van der Waals surface area contributed by atoms with E-state index in [2.05, 4.69) is 39.8 Å². The van der Waals surface area contributed by atoms with Gasteiger partial charge in [-0.25, -0.2) is 0 Å². The lowest BCUT2D eigenvalue weighted by Crippen LogP contribution is -2.34. The van der Waals surface area contributed by atoms with Crippen LogP contribution in [0.2, 0.25) is 0 Å². The molecule has 0 saturated heterocycles. The summed E-state index contributed by atoms with van der Waals surface area (Å²) in [5, 5.41) is 0. The van der Waals surface area contributed by atoms with Crippen LogP contribution in [-0.4, -0.2) is 41.6 Å². The fourth-order valence-corrected chi connectivity index (χ4v) is 4.58. The molecule has 3 heteroatoms. The fourth-order valence-electron chi connectivity index (χ4n) is 4.25. The first-order valence-electron chi connectivity index (χ1n) is 12.6. The Bertz CT molecular complexity index is 320. The van der Waals surface area contributed by atoms with E-state index in [1.54, 1.807) is 0 Å². The molecule has 0 amide bonds. The second kappa shape index (κ2) is 19.1. The highest BCUT2D eigenvalue weighted by Gasteiger charge is 2.27. The molecular formula is C25H55NOSi. The molecule has 0 radical (unpaired) electrons. The first-order valence-corrected chi connectivity index (χ1v) is 13.5. The smallest absolute Gasteiger partial charge is 0.146 e. The van der Waals surface area contributed by atoms with Crippen molar-refractivity contribution >= 4 is 10.5 Å². The van der Waals surface area contributed by atoms with Gasteiger partial charge in [0.2, 0.25) is 0 Å². The maximum absolute atomic E-state index is 5.95. The molecule has 0 N–H and O–H groups in total. The molecule has 28 heavy (non-hydrogen) atoms. The Kier molecular flexibility index (Phi) is 19.2. The summed E-state index contributed by atoms with van der Waals surface area (Å²) in [5.74, 6) is 0.724. The predicted molar refractivity (Wildman–Crippen MR) is 131 cm³/mol. The van der Waals surface area contributed by atoms with E-state index >= 15 is 0 Å². The third-order valence-electron chi connectivity index (χ3n) is 6.57. The Labute approximate surface area is 182 Å². The number of hydrogen-bond acceptors (Lipinski definition) is 2. The molecule has 0 aromatic rings. The zero-order chi connectivity index (χ0) is 21.1. The molecule has 2 nitrogen and oxygen atoms in total. The van der Waals surface area contributed by atoms with Gasteiger partial charge in [0.25, 0.3) is 0 Å². The van der Waals surface area contributed by atoms with E-state index in [1.165, 1.54) is 116 Å². The van der Waals surface area contributed by atoms with E-state index in [0.717, 1.165) is 16.4 Å². The maximum atomic E-state index is 5.95. The van der Waals surface area contributed by atoms with Gasteiger partial charge in [-0.15, -0.1) is 0 Å². The van der Waals surface area contributed by atoms with Crippen LogP contribution in [0.3, 0.4) is 0 Å². The largest absolute Gasteiger partial charge is 0.423 e. The van der Waals surface area contributed by atoms with Crippen LogP contribution in [0.15, 0.2) is 0 Å². The van der Waals surface area contributed by atoms with Crippen LogP contribution in [0.4, 0.5) is 0 Å². The zero-order valence-electron chi connectivity index (χ0n) is 20.7. The first-order chi connectivity index (χ1) is 13.4. The molecule has 1 unspecified atom stereocenters. The van der Waals surface area contributed by atoms with Crippen molar-refractivity contribution in [1.82, 2.24) is 4.90 Å². The van der Waals surface area contributed by atoms with Crippen molar-refractivity contribution in [3.05, 3.63) is 0 Å². The van der Waals surface area contributed by atoms with E-state index in [4.69, 9.17) is 4.43 Å². The lowest BCUT2D eigenvalue weighted by atomic mass is 9.83. The molecule has 0 aliphatic carbocycles. The summed E-state index contributed by atoms with van der Waals surface area (Å²) in [6.45, 7) is 8.12. The van der Waals surface area contributed by atoms with E-state index in [0.29, 0.717) is 0 Å². The molecule has 0 bridgehead atoms. The molecule has 0 fully saturated rings. The van der Waals surface area contributed by atoms with Crippen LogP contribution in [0.5, 0.6) is 0 Å². The van der Waals surface area contributed by atoms with Gasteiger partial charge < -0.3 is 9.33 Å². The average Bonchev–Trinajstić information content (AvgIpc) is 2.66. The molecule has 0 spiro atoms. The highest BCUT2D eigenvalue weighted by Crippen LogP contribution is 2.30. The van der Waals surface area contributed by atoms with E-state index in [9.17, 15) is 0 Å². The summed E-state index contributed by atoms with van der Waals surface area (Å²) in [4.78, 5) is 2.30. The van der Waals surface area contributed by atoms with Gasteiger partial charge in [-0.05, 0) is 59.7 Å². The Hall–Kier alpha value is 0.137. The molecule has 0 aliphatic heterocycles. The van der Waals surface area contributed by atoms with Crippen LogP contribution in [0, 0.1) is 5.92 Å². The van der Waals surface area contributed by atoms with Gasteiger partial charge in [-0.1, -0.05) is 96.8 Å². The van der Waals surface area contributed by atoms with Crippen molar-refractivity contribution in [3.8, 4) is 0 Å². The molecule has 0 heterocycles. The minimum absolute atomic E-state index is 0.0784. The van der Waals surface area contributed by atoms with Crippen LogP contribution >= 0.6 is 0 Å². The Morgan fingerprint density at radius 2 is 1.07 bits per heavy atom. The molecule has 170 valence electrons. The zero-order valence-corrected chi connectivity index (χ0v) is 22.7. The summed E-state index contributed by atoms with van der Waals surface area (Å²) in [5.41, 5.74) is 0.0784. The summed E-state index contributed by atoms with van der Waals surface area (Å²) >= 11 is 0. The van der Waals surface area contributed by atoms with Gasteiger partial charge in [0, 0.05) is 0 Å². The van der Waals surface area contributed by atoms with Crippen molar-refractivity contribution in [2.24, 2.45) is 5.92 Å². The van der Waals surface area contributed by atoms with Crippen LogP contribution in [-0.2, 0) is 4.43 Å². The molecular weight excluding hydrogens is 358 g/mol. The number of unbranched alkanes of at least 4 members (excludes halogenated alkanes) is 13. The number of nitrogens with zero attached hydrogens (tertiary/aromatic N) is 1. The van der Waals surface area contributed by atoms with E-state index in [-0.39, 0.29) is 5.60 Å². The molecule has 0 aromatic heterocycles. The standard InChI is InChI=1S/C25H55NOSi/c1-6-7-8-9-10-11-12-13-14-15-16-17-18-19-21-24(25(2,3)27-28)22-20-23-26(4)5/h24H,6-23H2,1-5,28H3. The second-order valence-corrected chi connectivity index (χ2v) is 10.2. The normalized spacial score (nSPS) is 13.5. The van der Waals surface area contributed by atoms with Gasteiger partial charge in [0.05, 0.1) is 5.60 Å². The molecule has 0 aliphatic rings.